The molecule has 3 aromatic carbocycles. The van der Waals surface area contributed by atoms with Gasteiger partial charge in [0, 0.05) is 18.8 Å². The Kier molecular flexibility index (Phi) is 8.08. The Bertz CT molecular complexity index is 2120. The van der Waals surface area contributed by atoms with E-state index in [2.05, 4.69) is 10.3 Å². The predicted molar refractivity (Wildman–Crippen MR) is 195 cm³/mol. The molecule has 6 atom stereocenters. The van der Waals surface area contributed by atoms with Crippen LogP contribution in [0.15, 0.2) is 107 Å². The molecule has 0 radical (unpaired) electrons. The topological polar surface area (TPSA) is 133 Å². The number of hydrazine groups is 1. The molecule has 11 heteroatoms. The lowest BCUT2D eigenvalue weighted by Crippen LogP contribution is -2.53. The molecule has 4 aromatic rings. The number of aryl methyl sites for hydroxylation is 1. The molecule has 53 heavy (non-hydrogen) atoms. The van der Waals surface area contributed by atoms with Crippen molar-refractivity contribution in [1.29, 1.82) is 0 Å². The fraction of sp³-hybridized carbons (Fsp3) is 0.333. The highest BCUT2D eigenvalue weighted by Gasteiger charge is 2.71. The molecular weight excluding hydrogens is 672 g/mol. The van der Waals surface area contributed by atoms with Crippen LogP contribution < -0.4 is 15.2 Å². The number of aliphatic hydroxyl groups excluding tert-OH is 1. The molecule has 0 unspecified atom stereocenters. The van der Waals surface area contributed by atoms with Crippen molar-refractivity contribution >= 4 is 40.7 Å². The van der Waals surface area contributed by atoms with Gasteiger partial charge in [0.1, 0.15) is 23.5 Å². The second-order valence-corrected chi connectivity index (χ2v) is 14.7. The molecule has 1 aromatic heterocycles. The maximum atomic E-state index is 15.2. The lowest BCUT2D eigenvalue weighted by molar-refractivity contribution is -0.138. The van der Waals surface area contributed by atoms with E-state index in [9.17, 15) is 19.5 Å². The van der Waals surface area contributed by atoms with Crippen LogP contribution in [0.3, 0.4) is 0 Å². The molecule has 5 aliphatic rings. The zero-order valence-electron chi connectivity index (χ0n) is 29.3. The fourth-order valence-corrected chi connectivity index (χ4v) is 9.58. The van der Waals surface area contributed by atoms with Crippen molar-refractivity contribution in [2.75, 3.05) is 41.5 Å². The molecule has 1 saturated carbocycles. The first kappa shape index (κ1) is 33.3. The van der Waals surface area contributed by atoms with E-state index in [4.69, 9.17) is 9.15 Å². The van der Waals surface area contributed by atoms with Crippen molar-refractivity contribution in [3.63, 3.8) is 0 Å². The summed E-state index contributed by atoms with van der Waals surface area (Å²) >= 11 is 0. The molecule has 0 bridgehead atoms. The van der Waals surface area contributed by atoms with Crippen LogP contribution in [0.4, 0.5) is 17.1 Å². The second kappa shape index (κ2) is 12.9. The highest BCUT2D eigenvalue weighted by atomic mass is 16.5. The third-order valence-corrected chi connectivity index (χ3v) is 12.0. The summed E-state index contributed by atoms with van der Waals surface area (Å²) < 4.78 is 11.8. The summed E-state index contributed by atoms with van der Waals surface area (Å²) in [5.74, 6) is -4.21. The van der Waals surface area contributed by atoms with Crippen LogP contribution in [0.5, 0.6) is 0 Å². The number of fused-ring (bicyclic) bond motifs is 4. The van der Waals surface area contributed by atoms with E-state index in [0.29, 0.717) is 48.1 Å². The number of carbonyl (C=O) groups is 4. The number of benzene rings is 3. The summed E-state index contributed by atoms with van der Waals surface area (Å²) in [6.45, 7) is 4.44. The van der Waals surface area contributed by atoms with Crippen molar-refractivity contribution in [2.24, 2.45) is 23.7 Å². The van der Waals surface area contributed by atoms with E-state index in [-0.39, 0.29) is 24.8 Å². The molecule has 0 spiro atoms. The van der Waals surface area contributed by atoms with Gasteiger partial charge in [-0.2, -0.15) is 5.01 Å². The minimum absolute atomic E-state index is 0.186. The molecule has 11 nitrogen and oxygen atoms in total. The highest BCUT2D eigenvalue weighted by molar-refractivity contribution is 6.22. The maximum Gasteiger partial charge on any atom is 0.260 e. The number of ether oxygens (including phenoxy) is 1. The Hall–Kier alpha value is -5.52. The monoisotopic (exact) mass is 712 g/mol. The Morgan fingerprint density at radius 3 is 2.23 bits per heavy atom. The van der Waals surface area contributed by atoms with E-state index in [1.807, 2.05) is 91.9 Å². The molecule has 270 valence electrons. The van der Waals surface area contributed by atoms with Gasteiger partial charge in [-0.25, -0.2) is 0 Å². The summed E-state index contributed by atoms with van der Waals surface area (Å²) in [5, 5.41) is 11.2. The lowest BCUT2D eigenvalue weighted by Gasteiger charge is -2.49. The van der Waals surface area contributed by atoms with E-state index in [1.165, 1.54) is 4.90 Å². The third kappa shape index (κ3) is 5.08. The number of anilines is 3. The second-order valence-electron chi connectivity index (χ2n) is 14.7. The van der Waals surface area contributed by atoms with Crippen LogP contribution >= 0.6 is 0 Å². The van der Waals surface area contributed by atoms with Crippen molar-refractivity contribution in [3.05, 3.63) is 125 Å². The van der Waals surface area contributed by atoms with Gasteiger partial charge in [-0.15, -0.1) is 0 Å². The minimum atomic E-state index is -1.43. The van der Waals surface area contributed by atoms with Gasteiger partial charge in [-0.05, 0) is 79.8 Å². The zero-order valence-corrected chi connectivity index (χ0v) is 29.3. The van der Waals surface area contributed by atoms with E-state index in [0.717, 1.165) is 34.9 Å². The number of nitrogens with zero attached hydrogens (tertiary/aromatic N) is 3. The van der Waals surface area contributed by atoms with Gasteiger partial charge < -0.3 is 19.2 Å². The standard InChI is InChI=1S/C42H40N4O7/c1-25-7-9-27(10-8-25)43-46-39(49)34-23-33-31(37(35-18-15-30(24-47)53-35)42(34,41(46)51)26-5-3-2-4-6-26)16-17-32-36(33)40(50)45(38(32)48)29-13-11-28(12-14-29)44-19-21-52-22-20-44/h2-16,18,32-34,36-37,43,47H,17,19-24H2,1H3/t32-,33+,34-,36-,37+,42+/m0/s1. The first-order valence-electron chi connectivity index (χ1n) is 18.3. The average molecular weight is 713 g/mol. The molecule has 9 rings (SSSR count). The van der Waals surface area contributed by atoms with Crippen LogP contribution in [0.1, 0.15) is 41.4 Å². The van der Waals surface area contributed by atoms with Gasteiger partial charge in [-0.1, -0.05) is 59.7 Å². The molecule has 4 amide bonds. The van der Waals surface area contributed by atoms with Crippen LogP contribution in [0.2, 0.25) is 0 Å². The first-order chi connectivity index (χ1) is 25.8. The van der Waals surface area contributed by atoms with Gasteiger partial charge >= 0.3 is 0 Å². The first-order valence-corrected chi connectivity index (χ1v) is 18.3. The van der Waals surface area contributed by atoms with Crippen molar-refractivity contribution in [3.8, 4) is 0 Å². The van der Waals surface area contributed by atoms with Gasteiger partial charge in [0.15, 0.2) is 0 Å². The van der Waals surface area contributed by atoms with E-state index >= 15 is 4.79 Å². The minimum Gasteiger partial charge on any atom is -0.463 e. The maximum absolute atomic E-state index is 15.2. The summed E-state index contributed by atoms with van der Waals surface area (Å²) in [5.41, 5.74) is 6.26. The average Bonchev–Trinajstić information content (AvgIpc) is 3.84. The molecule has 2 aliphatic carbocycles. The van der Waals surface area contributed by atoms with E-state index < -0.39 is 46.8 Å². The van der Waals surface area contributed by atoms with Crippen molar-refractivity contribution in [2.45, 2.75) is 37.7 Å². The number of hydrogen-bond donors (Lipinski definition) is 2. The Labute approximate surface area is 306 Å². The summed E-state index contributed by atoms with van der Waals surface area (Å²) in [6.07, 6.45) is 2.49. The van der Waals surface area contributed by atoms with Gasteiger partial charge in [-0.3, -0.25) is 29.5 Å². The molecular formula is C42H40N4O7. The SMILES string of the molecule is Cc1ccc(NN2C(=O)[C@@H]3C[C@@H]4C(=CC[C@@H]5C(=O)N(c6ccc(N7CCOCC7)cc6)C(=O)[C@@H]54)[C@H](c4ccc(CO)o4)[C@]3(c3ccccc3)C2=O)cc1. The normalized spacial score (nSPS) is 28.2. The fourth-order valence-electron chi connectivity index (χ4n) is 9.58. The van der Waals surface area contributed by atoms with Gasteiger partial charge in [0.25, 0.3) is 11.8 Å². The van der Waals surface area contributed by atoms with E-state index in [1.54, 1.807) is 12.1 Å². The zero-order chi connectivity index (χ0) is 36.4. The number of rotatable bonds is 7. The van der Waals surface area contributed by atoms with Crippen LogP contribution in [-0.2, 0) is 35.9 Å². The quantitative estimate of drug-likeness (QED) is 0.198. The van der Waals surface area contributed by atoms with Crippen molar-refractivity contribution in [1.82, 2.24) is 5.01 Å². The number of morpholine rings is 1. The number of imide groups is 2. The molecule has 2 N–H and O–H groups in total. The van der Waals surface area contributed by atoms with Gasteiger partial charge in [0.05, 0.1) is 48.3 Å². The van der Waals surface area contributed by atoms with Gasteiger partial charge in [0.2, 0.25) is 11.8 Å². The summed E-state index contributed by atoms with van der Waals surface area (Å²) in [4.78, 5) is 62.3. The van der Waals surface area contributed by atoms with Crippen LogP contribution in [0, 0.1) is 30.6 Å². The van der Waals surface area contributed by atoms with Crippen LogP contribution in [-0.4, -0.2) is 60.0 Å². The lowest BCUT2D eigenvalue weighted by atomic mass is 9.50. The number of hydrogen-bond acceptors (Lipinski definition) is 9. The number of aliphatic hydroxyl groups is 1. The Morgan fingerprint density at radius 1 is 0.811 bits per heavy atom. The predicted octanol–water partition coefficient (Wildman–Crippen LogP) is 5.11. The Balaban J connectivity index is 1.14. The smallest absolute Gasteiger partial charge is 0.260 e. The number of carbonyl (C=O) groups excluding carboxylic acids is 4. The van der Waals surface area contributed by atoms with Crippen molar-refractivity contribution < 1.29 is 33.4 Å². The number of allylic oxidation sites excluding steroid dienone is 2. The van der Waals surface area contributed by atoms with Crippen LogP contribution in [0.25, 0.3) is 0 Å². The summed E-state index contributed by atoms with van der Waals surface area (Å²) in [6, 6.07) is 27.7. The summed E-state index contributed by atoms with van der Waals surface area (Å²) in [7, 11) is 0. The number of furan rings is 1. The molecule has 3 saturated heterocycles. The molecule has 3 aliphatic heterocycles. The largest absolute Gasteiger partial charge is 0.463 e. The number of amides is 4. The molecule has 4 fully saturated rings. The highest BCUT2D eigenvalue weighted by Crippen LogP contribution is 2.64. The molecule has 4 heterocycles. The number of nitrogens with one attached hydrogen (secondary N) is 1. The third-order valence-electron chi connectivity index (χ3n) is 12.0. The Morgan fingerprint density at radius 2 is 1.53 bits per heavy atom.